The highest BCUT2D eigenvalue weighted by Crippen LogP contribution is 2.37. The standard InChI is InChI=1S/C20H23N3O2/c1-20(2)16-12-14(8-9-17(16)23-18(20)24)10-11-21-19(25)22-13-15-6-4-3-5-7-15/h3-9,12H,10-11,13H2,1-2H3,(H,23,24)(H2,21,22,25). The molecule has 0 unspecified atom stereocenters. The minimum Gasteiger partial charge on any atom is -0.338 e. The summed E-state index contributed by atoms with van der Waals surface area (Å²) < 4.78 is 0. The molecule has 2 aromatic carbocycles. The van der Waals surface area contributed by atoms with Crippen LogP contribution in [0.25, 0.3) is 0 Å². The van der Waals surface area contributed by atoms with E-state index in [9.17, 15) is 9.59 Å². The highest BCUT2D eigenvalue weighted by Gasteiger charge is 2.38. The molecule has 0 atom stereocenters. The third kappa shape index (κ3) is 3.82. The van der Waals surface area contributed by atoms with Crippen molar-refractivity contribution in [1.29, 1.82) is 0 Å². The largest absolute Gasteiger partial charge is 0.338 e. The molecule has 2 aromatic rings. The summed E-state index contributed by atoms with van der Waals surface area (Å²) in [5.74, 6) is 0.0260. The van der Waals surface area contributed by atoms with Crippen molar-refractivity contribution in [2.45, 2.75) is 32.2 Å². The summed E-state index contributed by atoms with van der Waals surface area (Å²) in [6.07, 6.45) is 0.719. The van der Waals surface area contributed by atoms with Crippen LogP contribution in [-0.4, -0.2) is 18.5 Å². The highest BCUT2D eigenvalue weighted by molar-refractivity contribution is 6.05. The van der Waals surface area contributed by atoms with E-state index in [1.54, 1.807) is 0 Å². The molecule has 25 heavy (non-hydrogen) atoms. The number of anilines is 1. The number of carbonyl (C=O) groups excluding carboxylic acids is 2. The average molecular weight is 337 g/mol. The van der Waals surface area contributed by atoms with Gasteiger partial charge in [0.2, 0.25) is 5.91 Å². The van der Waals surface area contributed by atoms with Crippen molar-refractivity contribution in [1.82, 2.24) is 10.6 Å². The van der Waals surface area contributed by atoms with E-state index in [-0.39, 0.29) is 11.9 Å². The van der Waals surface area contributed by atoms with E-state index in [0.717, 1.165) is 28.8 Å². The molecule has 0 aromatic heterocycles. The van der Waals surface area contributed by atoms with Crippen molar-refractivity contribution in [3.05, 3.63) is 65.2 Å². The summed E-state index contributed by atoms with van der Waals surface area (Å²) in [6, 6.07) is 15.6. The Morgan fingerprint density at radius 1 is 1.04 bits per heavy atom. The summed E-state index contributed by atoms with van der Waals surface area (Å²) >= 11 is 0. The fraction of sp³-hybridized carbons (Fsp3) is 0.300. The van der Waals surface area contributed by atoms with Gasteiger partial charge in [-0.05, 0) is 43.0 Å². The van der Waals surface area contributed by atoms with Crippen LogP contribution in [0.15, 0.2) is 48.5 Å². The third-order valence-electron chi connectivity index (χ3n) is 4.57. The summed E-state index contributed by atoms with van der Waals surface area (Å²) in [5.41, 5.74) is 3.56. The Hall–Kier alpha value is -2.82. The van der Waals surface area contributed by atoms with Crippen LogP contribution in [0.2, 0.25) is 0 Å². The summed E-state index contributed by atoms with van der Waals surface area (Å²) in [6.45, 7) is 4.90. The van der Waals surface area contributed by atoms with Gasteiger partial charge in [-0.25, -0.2) is 4.79 Å². The Morgan fingerprint density at radius 3 is 2.56 bits per heavy atom. The molecule has 3 N–H and O–H groups in total. The first-order valence-electron chi connectivity index (χ1n) is 8.47. The number of rotatable bonds is 5. The number of fused-ring (bicyclic) bond motifs is 1. The van der Waals surface area contributed by atoms with E-state index in [2.05, 4.69) is 22.0 Å². The Bertz CT molecular complexity index is 785. The number of urea groups is 1. The number of hydrogen-bond donors (Lipinski definition) is 3. The van der Waals surface area contributed by atoms with E-state index >= 15 is 0 Å². The van der Waals surface area contributed by atoms with Crippen LogP contribution in [0.4, 0.5) is 10.5 Å². The van der Waals surface area contributed by atoms with Gasteiger partial charge >= 0.3 is 6.03 Å². The number of carbonyl (C=O) groups is 2. The quantitative estimate of drug-likeness (QED) is 0.785. The van der Waals surface area contributed by atoms with Crippen LogP contribution in [0.1, 0.15) is 30.5 Å². The normalized spacial score (nSPS) is 14.6. The van der Waals surface area contributed by atoms with Crippen molar-refractivity contribution in [2.24, 2.45) is 0 Å². The monoisotopic (exact) mass is 337 g/mol. The van der Waals surface area contributed by atoms with Crippen molar-refractivity contribution >= 4 is 17.6 Å². The minimum atomic E-state index is -0.508. The van der Waals surface area contributed by atoms with Crippen LogP contribution < -0.4 is 16.0 Å². The molecular formula is C20H23N3O2. The lowest BCUT2D eigenvalue weighted by molar-refractivity contribution is -0.119. The molecule has 5 nitrogen and oxygen atoms in total. The van der Waals surface area contributed by atoms with Gasteiger partial charge < -0.3 is 16.0 Å². The van der Waals surface area contributed by atoms with Gasteiger partial charge in [0, 0.05) is 18.8 Å². The smallest absolute Gasteiger partial charge is 0.315 e. The van der Waals surface area contributed by atoms with Crippen molar-refractivity contribution in [3.63, 3.8) is 0 Å². The molecule has 0 aliphatic carbocycles. The molecule has 3 rings (SSSR count). The van der Waals surface area contributed by atoms with Gasteiger partial charge in [0.05, 0.1) is 5.41 Å². The predicted molar refractivity (Wildman–Crippen MR) is 98.5 cm³/mol. The van der Waals surface area contributed by atoms with Crippen LogP contribution in [0, 0.1) is 0 Å². The lowest BCUT2D eigenvalue weighted by Crippen LogP contribution is -2.36. The SMILES string of the molecule is CC1(C)C(=O)Nc2ccc(CCNC(=O)NCc3ccccc3)cc21. The molecule has 130 valence electrons. The fourth-order valence-electron chi connectivity index (χ4n) is 2.93. The van der Waals surface area contributed by atoms with Crippen LogP contribution in [0.3, 0.4) is 0 Å². The topological polar surface area (TPSA) is 70.2 Å². The fourth-order valence-corrected chi connectivity index (χ4v) is 2.93. The zero-order valence-corrected chi connectivity index (χ0v) is 14.6. The molecule has 0 fully saturated rings. The van der Waals surface area contributed by atoms with Gasteiger partial charge in [-0.3, -0.25) is 4.79 Å². The second-order valence-electron chi connectivity index (χ2n) is 6.80. The molecule has 5 heteroatoms. The van der Waals surface area contributed by atoms with E-state index < -0.39 is 5.41 Å². The first kappa shape index (κ1) is 17.0. The Morgan fingerprint density at radius 2 is 1.80 bits per heavy atom. The number of nitrogens with one attached hydrogen (secondary N) is 3. The first-order chi connectivity index (χ1) is 12.0. The molecule has 0 saturated heterocycles. The highest BCUT2D eigenvalue weighted by atomic mass is 16.2. The Balaban J connectivity index is 1.49. The predicted octanol–water partition coefficient (Wildman–Crippen LogP) is 2.96. The van der Waals surface area contributed by atoms with Crippen molar-refractivity contribution in [3.8, 4) is 0 Å². The lowest BCUT2D eigenvalue weighted by Gasteiger charge is -2.16. The molecular weight excluding hydrogens is 314 g/mol. The molecule has 1 aliphatic heterocycles. The van der Waals surface area contributed by atoms with E-state index in [1.807, 2.05) is 56.3 Å². The van der Waals surface area contributed by atoms with Crippen LogP contribution in [0.5, 0.6) is 0 Å². The van der Waals surface area contributed by atoms with Crippen LogP contribution in [-0.2, 0) is 23.2 Å². The zero-order valence-electron chi connectivity index (χ0n) is 14.6. The van der Waals surface area contributed by atoms with Gasteiger partial charge in [0.1, 0.15) is 0 Å². The van der Waals surface area contributed by atoms with E-state index in [1.165, 1.54) is 0 Å². The Labute approximate surface area is 147 Å². The number of benzene rings is 2. The first-order valence-corrected chi connectivity index (χ1v) is 8.47. The van der Waals surface area contributed by atoms with Crippen molar-refractivity contribution in [2.75, 3.05) is 11.9 Å². The molecule has 1 heterocycles. The summed E-state index contributed by atoms with van der Waals surface area (Å²) in [7, 11) is 0. The minimum absolute atomic E-state index is 0.0260. The molecule has 0 radical (unpaired) electrons. The maximum Gasteiger partial charge on any atom is 0.315 e. The van der Waals surface area contributed by atoms with Crippen LogP contribution >= 0.6 is 0 Å². The molecule has 0 saturated carbocycles. The molecule has 3 amide bonds. The summed E-state index contributed by atoms with van der Waals surface area (Å²) in [4.78, 5) is 23.8. The Kier molecular flexibility index (Phi) is 4.74. The second-order valence-corrected chi connectivity index (χ2v) is 6.80. The van der Waals surface area contributed by atoms with Gasteiger partial charge in [-0.1, -0.05) is 42.5 Å². The van der Waals surface area contributed by atoms with Crippen molar-refractivity contribution < 1.29 is 9.59 Å². The number of hydrogen-bond acceptors (Lipinski definition) is 2. The maximum atomic E-state index is 12.0. The lowest BCUT2D eigenvalue weighted by atomic mass is 9.85. The molecule has 1 aliphatic rings. The molecule has 0 spiro atoms. The third-order valence-corrected chi connectivity index (χ3v) is 4.57. The van der Waals surface area contributed by atoms with Gasteiger partial charge in [-0.2, -0.15) is 0 Å². The van der Waals surface area contributed by atoms with E-state index in [0.29, 0.717) is 13.1 Å². The second kappa shape index (κ2) is 6.97. The van der Waals surface area contributed by atoms with Gasteiger partial charge in [0.15, 0.2) is 0 Å². The number of amides is 3. The molecule has 0 bridgehead atoms. The maximum absolute atomic E-state index is 12.0. The average Bonchev–Trinajstić information content (AvgIpc) is 2.83. The van der Waals surface area contributed by atoms with Gasteiger partial charge in [0.25, 0.3) is 0 Å². The zero-order chi connectivity index (χ0) is 17.9. The van der Waals surface area contributed by atoms with Gasteiger partial charge in [-0.15, -0.1) is 0 Å². The van der Waals surface area contributed by atoms with E-state index in [4.69, 9.17) is 0 Å². The summed E-state index contributed by atoms with van der Waals surface area (Å²) in [5, 5.41) is 8.61.